The number of aromatic hydroxyl groups is 1. The predicted octanol–water partition coefficient (Wildman–Crippen LogP) is 1.74. The number of rotatable bonds is 7. The number of esters is 1. The van der Waals surface area contributed by atoms with Crippen molar-refractivity contribution in [1.29, 1.82) is 0 Å². The van der Waals surface area contributed by atoms with Crippen LogP contribution in [0.5, 0.6) is 11.5 Å². The molecule has 0 radical (unpaired) electrons. The number of cyclic esters (lactones) is 2. The maximum absolute atomic E-state index is 14.0. The van der Waals surface area contributed by atoms with E-state index >= 15 is 0 Å². The number of phenols is 1. The maximum atomic E-state index is 14.0. The number of epoxide rings is 1. The van der Waals surface area contributed by atoms with Crippen LogP contribution in [0.25, 0.3) is 10.8 Å². The molecule has 2 aromatic carbocycles. The topological polar surface area (TPSA) is 175 Å². The summed E-state index contributed by atoms with van der Waals surface area (Å²) < 4.78 is 39.9. The average molecular weight is 660 g/mol. The van der Waals surface area contributed by atoms with Gasteiger partial charge in [0.15, 0.2) is 18.5 Å². The summed E-state index contributed by atoms with van der Waals surface area (Å²) in [4.78, 5) is 25.7. The number of hydrogen-bond donors (Lipinski definition) is 4. The van der Waals surface area contributed by atoms with E-state index in [-0.39, 0.29) is 35.7 Å². The van der Waals surface area contributed by atoms with Crippen LogP contribution in [0, 0.1) is 30.6 Å². The molecule has 13 heteroatoms. The third-order valence-electron chi connectivity index (χ3n) is 9.25. The molecule has 250 valence electrons. The minimum absolute atomic E-state index is 0.000715. The van der Waals surface area contributed by atoms with Crippen molar-refractivity contribution in [3.05, 3.63) is 58.4 Å². The van der Waals surface area contributed by atoms with Crippen LogP contribution in [0.1, 0.15) is 29.3 Å². The quantitative estimate of drug-likeness (QED) is 0.192. The largest absolute Gasteiger partial charge is 0.508 e. The second-order valence-corrected chi connectivity index (χ2v) is 12.1. The van der Waals surface area contributed by atoms with E-state index in [1.54, 1.807) is 32.2 Å². The van der Waals surface area contributed by atoms with E-state index in [1.807, 2.05) is 13.0 Å². The van der Waals surface area contributed by atoms with Crippen LogP contribution in [0.4, 0.5) is 4.79 Å². The molecule has 9 atom stereocenters. The van der Waals surface area contributed by atoms with Crippen molar-refractivity contribution in [3.63, 3.8) is 0 Å². The second-order valence-electron chi connectivity index (χ2n) is 12.1. The van der Waals surface area contributed by atoms with Gasteiger partial charge >= 0.3 is 12.1 Å². The standard InChI is InChI=1S/C35H33NO12/c1-16-12-18(42-4)13-22-19(16)8-9-23(37)28(22)32(40)45-24-14-25(46-33-29(36-3)31(39)30(38)17(2)44-33)20-6-5-7-26-35(48-26,11-10-21(20)24)27-15-43-34(41)47-27/h6,8-9,12-13,17,25-27,29-31,33,36-39H,14-15H2,1-4H3/t17?,25-,26+,27+,29?,30-,31?,33-,35-/m0/s1. The number of aliphatic hydroxyl groups is 2. The molecule has 13 nitrogen and oxygen atoms in total. The molecule has 3 saturated heterocycles. The first-order valence-corrected chi connectivity index (χ1v) is 15.4. The lowest BCUT2D eigenvalue weighted by Gasteiger charge is -2.42. The number of carbonyl (C=O) groups excluding carboxylic acids is 2. The number of ether oxygens (including phenoxy) is 7. The van der Waals surface area contributed by atoms with Gasteiger partial charge in [0.25, 0.3) is 0 Å². The van der Waals surface area contributed by atoms with Crippen LogP contribution in [-0.4, -0.2) is 103 Å². The van der Waals surface area contributed by atoms with Crippen molar-refractivity contribution in [2.75, 3.05) is 20.8 Å². The van der Waals surface area contributed by atoms with Crippen LogP contribution in [0.15, 0.2) is 47.2 Å². The summed E-state index contributed by atoms with van der Waals surface area (Å²) in [5.41, 5.74) is 0.254. The lowest BCUT2D eigenvalue weighted by atomic mass is 9.97. The monoisotopic (exact) mass is 659 g/mol. The van der Waals surface area contributed by atoms with E-state index in [4.69, 9.17) is 33.2 Å². The lowest BCUT2D eigenvalue weighted by molar-refractivity contribution is -0.268. The molecule has 0 saturated carbocycles. The average Bonchev–Trinajstić information content (AvgIpc) is 3.38. The Balaban J connectivity index is 1.28. The minimum Gasteiger partial charge on any atom is -0.507 e. The SMILES string of the molecule is CNC1C(O)[C@@H](O)C(C)O[C@H]1O[C@H]1CC(OC(=O)c2c(O)ccc3c(C)cc(OC)cc23)=C2C#C[C@]3([C@H]4COC(=O)O4)O[C@@H]3C#CC=C21. The summed E-state index contributed by atoms with van der Waals surface area (Å²) >= 11 is 0. The highest BCUT2D eigenvalue weighted by Crippen LogP contribution is 2.44. The van der Waals surface area contributed by atoms with Gasteiger partial charge in [0.05, 0.1) is 30.9 Å². The number of allylic oxidation sites excluding steroid dienone is 1. The third kappa shape index (κ3) is 5.35. The van der Waals surface area contributed by atoms with Gasteiger partial charge in [-0.05, 0) is 56.1 Å². The van der Waals surface area contributed by atoms with Crippen LogP contribution in [0.3, 0.4) is 0 Å². The number of benzene rings is 2. The van der Waals surface area contributed by atoms with Crippen molar-refractivity contribution in [2.24, 2.45) is 0 Å². The van der Waals surface area contributed by atoms with Gasteiger partial charge in [0.2, 0.25) is 5.60 Å². The fourth-order valence-electron chi connectivity index (χ4n) is 6.52. The fourth-order valence-corrected chi connectivity index (χ4v) is 6.52. The zero-order valence-corrected chi connectivity index (χ0v) is 26.4. The molecule has 7 rings (SSSR count). The van der Waals surface area contributed by atoms with E-state index in [0.717, 1.165) is 10.9 Å². The molecule has 5 aliphatic rings. The lowest BCUT2D eigenvalue weighted by Crippen LogP contribution is -2.62. The first-order chi connectivity index (χ1) is 23.0. The Morgan fingerprint density at radius 2 is 1.98 bits per heavy atom. The number of phenolic OH excluding ortho intramolecular Hbond substituents is 1. The molecule has 2 aliphatic carbocycles. The highest BCUT2D eigenvalue weighted by atomic mass is 16.8. The first kappa shape index (κ1) is 32.0. The van der Waals surface area contributed by atoms with Crippen molar-refractivity contribution in [2.45, 2.75) is 74.8 Å². The summed E-state index contributed by atoms with van der Waals surface area (Å²) in [6.45, 7) is 3.42. The first-order valence-electron chi connectivity index (χ1n) is 15.4. The van der Waals surface area contributed by atoms with E-state index in [2.05, 4.69) is 29.0 Å². The normalized spacial score (nSPS) is 33.3. The molecule has 0 aromatic heterocycles. The van der Waals surface area contributed by atoms with Crippen molar-refractivity contribution < 1.29 is 58.1 Å². The highest BCUT2D eigenvalue weighted by Gasteiger charge is 2.65. The van der Waals surface area contributed by atoms with Crippen molar-refractivity contribution in [3.8, 4) is 35.2 Å². The Morgan fingerprint density at radius 1 is 1.17 bits per heavy atom. The van der Waals surface area contributed by atoms with E-state index < -0.39 is 66.7 Å². The molecule has 0 amide bonds. The van der Waals surface area contributed by atoms with Crippen molar-refractivity contribution >= 4 is 22.9 Å². The summed E-state index contributed by atoms with van der Waals surface area (Å²) in [5.74, 6) is 11.6. The molecule has 4 N–H and O–H groups in total. The Hall–Kier alpha value is -4.60. The molecular weight excluding hydrogens is 626 g/mol. The minimum atomic E-state index is -1.26. The molecule has 2 aromatic rings. The number of likely N-dealkylation sites (N-methyl/N-ethyl adjacent to an activating group) is 1. The van der Waals surface area contributed by atoms with Gasteiger partial charge in [-0.15, -0.1) is 0 Å². The number of fused-ring (bicyclic) bond motifs is 3. The summed E-state index contributed by atoms with van der Waals surface area (Å²) in [6, 6.07) is 5.81. The molecule has 0 spiro atoms. The molecule has 0 bridgehead atoms. The van der Waals surface area contributed by atoms with Gasteiger partial charge in [0, 0.05) is 17.4 Å². The van der Waals surface area contributed by atoms with Gasteiger partial charge < -0.3 is 53.8 Å². The smallest absolute Gasteiger partial charge is 0.507 e. The predicted molar refractivity (Wildman–Crippen MR) is 165 cm³/mol. The molecule has 3 unspecified atom stereocenters. The zero-order chi connectivity index (χ0) is 33.9. The number of hydrogen-bond acceptors (Lipinski definition) is 13. The van der Waals surface area contributed by atoms with E-state index in [9.17, 15) is 24.9 Å². The number of nitrogens with one attached hydrogen (secondary N) is 1. The van der Waals surface area contributed by atoms with Gasteiger partial charge in [-0.2, -0.15) is 0 Å². The molecule has 3 fully saturated rings. The van der Waals surface area contributed by atoms with Gasteiger partial charge in [-0.1, -0.05) is 29.7 Å². The maximum Gasteiger partial charge on any atom is 0.508 e. The molecule has 48 heavy (non-hydrogen) atoms. The number of methoxy groups -OCH3 is 1. The van der Waals surface area contributed by atoms with Crippen LogP contribution in [0.2, 0.25) is 0 Å². The Kier molecular flexibility index (Phi) is 8.08. The number of aryl methyl sites for hydroxylation is 1. The Morgan fingerprint density at radius 3 is 2.71 bits per heavy atom. The van der Waals surface area contributed by atoms with Gasteiger partial charge in [0.1, 0.15) is 41.6 Å². The summed E-state index contributed by atoms with van der Waals surface area (Å²) in [7, 11) is 3.12. The summed E-state index contributed by atoms with van der Waals surface area (Å²) in [6.07, 6.45) is -5.68. The van der Waals surface area contributed by atoms with E-state index in [0.29, 0.717) is 16.7 Å². The fraction of sp³-hybridized carbons (Fsp3) is 0.429. The van der Waals surface area contributed by atoms with Gasteiger partial charge in [-0.25, -0.2) is 9.59 Å². The van der Waals surface area contributed by atoms with Crippen LogP contribution >= 0.6 is 0 Å². The van der Waals surface area contributed by atoms with Gasteiger partial charge in [-0.3, -0.25) is 0 Å². The Bertz CT molecular complexity index is 1900. The zero-order valence-electron chi connectivity index (χ0n) is 26.4. The second kappa shape index (κ2) is 12.1. The number of aliphatic hydroxyl groups excluding tert-OH is 2. The molecule has 3 heterocycles. The molecular formula is C35H33NO12. The van der Waals surface area contributed by atoms with E-state index in [1.165, 1.54) is 13.2 Å². The Labute approximate surface area is 275 Å². The highest BCUT2D eigenvalue weighted by molar-refractivity contribution is 6.08. The van der Waals surface area contributed by atoms with Crippen LogP contribution in [-0.2, 0) is 28.4 Å². The van der Waals surface area contributed by atoms with Crippen molar-refractivity contribution in [1.82, 2.24) is 5.32 Å². The van der Waals surface area contributed by atoms with Crippen LogP contribution < -0.4 is 10.1 Å². The third-order valence-corrected chi connectivity index (χ3v) is 9.25. The molecule has 3 aliphatic heterocycles. The summed E-state index contributed by atoms with van der Waals surface area (Å²) in [5, 5.41) is 36.1. The number of carbonyl (C=O) groups is 2.